The Morgan fingerprint density at radius 1 is 1.14 bits per heavy atom. The average Bonchev–Trinajstić information content (AvgIpc) is 2.51. The van der Waals surface area contributed by atoms with Crippen LogP contribution in [0, 0.1) is 0 Å². The maximum absolute atomic E-state index is 6.03. The van der Waals surface area contributed by atoms with Crippen LogP contribution in [0.25, 0.3) is 10.9 Å². The number of rotatable bonds is 8. The van der Waals surface area contributed by atoms with Crippen molar-refractivity contribution in [3.05, 3.63) is 35.5 Å². The Labute approximate surface area is 138 Å². The molecule has 0 saturated carbocycles. The van der Waals surface area contributed by atoms with E-state index in [1.165, 1.54) is 0 Å². The zero-order valence-electron chi connectivity index (χ0n) is 13.6. The Bertz CT molecular complexity index is 598. The first-order chi connectivity index (χ1) is 10.6. The molecule has 2 aromatic rings. The quantitative estimate of drug-likeness (QED) is 0.748. The van der Waals surface area contributed by atoms with Crippen molar-refractivity contribution < 1.29 is 0 Å². The molecule has 2 rings (SSSR count). The predicted octanol–water partition coefficient (Wildman–Crippen LogP) is 3.88. The summed E-state index contributed by atoms with van der Waals surface area (Å²) >= 11 is 6.03. The Morgan fingerprint density at radius 3 is 2.64 bits per heavy atom. The molecule has 0 unspecified atom stereocenters. The van der Waals surface area contributed by atoms with Gasteiger partial charge in [0.05, 0.1) is 11.2 Å². The van der Waals surface area contributed by atoms with Gasteiger partial charge in [-0.2, -0.15) is 0 Å². The SMILES string of the molecule is CCN(CC)CCCN(C)Nc1ccnc2cc(Cl)ccc12. The van der Waals surface area contributed by atoms with Crippen LogP contribution in [0.1, 0.15) is 20.3 Å². The maximum atomic E-state index is 6.03. The van der Waals surface area contributed by atoms with E-state index in [0.717, 1.165) is 49.2 Å². The van der Waals surface area contributed by atoms with Crippen molar-refractivity contribution in [3.63, 3.8) is 0 Å². The lowest BCUT2D eigenvalue weighted by atomic mass is 10.2. The lowest BCUT2D eigenvalue weighted by Crippen LogP contribution is -2.31. The van der Waals surface area contributed by atoms with Crippen LogP contribution in [0.2, 0.25) is 5.02 Å². The molecule has 4 nitrogen and oxygen atoms in total. The number of hydrogen-bond acceptors (Lipinski definition) is 4. The van der Waals surface area contributed by atoms with Crippen LogP contribution in [-0.4, -0.2) is 48.1 Å². The fourth-order valence-corrected chi connectivity index (χ4v) is 2.72. The van der Waals surface area contributed by atoms with E-state index in [1.54, 1.807) is 0 Å². The highest BCUT2D eigenvalue weighted by Crippen LogP contribution is 2.24. The zero-order chi connectivity index (χ0) is 15.9. The van der Waals surface area contributed by atoms with Crippen molar-refractivity contribution in [2.45, 2.75) is 20.3 Å². The first-order valence-corrected chi connectivity index (χ1v) is 8.26. The highest BCUT2D eigenvalue weighted by molar-refractivity contribution is 6.31. The minimum Gasteiger partial charge on any atom is -0.318 e. The molecule has 1 N–H and O–H groups in total. The highest BCUT2D eigenvalue weighted by atomic mass is 35.5. The molecule has 1 aromatic carbocycles. The molecule has 5 heteroatoms. The van der Waals surface area contributed by atoms with Crippen LogP contribution in [-0.2, 0) is 0 Å². The maximum Gasteiger partial charge on any atom is 0.0738 e. The van der Waals surface area contributed by atoms with Crippen LogP contribution < -0.4 is 5.43 Å². The molecule has 22 heavy (non-hydrogen) atoms. The number of hydrazine groups is 1. The largest absolute Gasteiger partial charge is 0.318 e. The van der Waals surface area contributed by atoms with Crippen LogP contribution in [0.4, 0.5) is 5.69 Å². The van der Waals surface area contributed by atoms with Gasteiger partial charge in [0.25, 0.3) is 0 Å². The van der Waals surface area contributed by atoms with Crippen molar-refractivity contribution >= 4 is 28.2 Å². The molecule has 0 fully saturated rings. The number of benzene rings is 1. The van der Waals surface area contributed by atoms with Gasteiger partial charge in [0.15, 0.2) is 0 Å². The molecule has 0 aliphatic heterocycles. The molecule has 1 heterocycles. The number of aromatic nitrogens is 1. The fourth-order valence-electron chi connectivity index (χ4n) is 2.55. The highest BCUT2D eigenvalue weighted by Gasteiger charge is 2.06. The Hall–Kier alpha value is -1.36. The van der Waals surface area contributed by atoms with Crippen molar-refractivity contribution in [1.29, 1.82) is 0 Å². The van der Waals surface area contributed by atoms with E-state index < -0.39 is 0 Å². The Kier molecular flexibility index (Phi) is 6.43. The minimum absolute atomic E-state index is 0.713. The number of nitrogens with zero attached hydrogens (tertiary/aromatic N) is 3. The summed E-state index contributed by atoms with van der Waals surface area (Å²) in [6.07, 6.45) is 2.95. The van der Waals surface area contributed by atoms with E-state index >= 15 is 0 Å². The summed E-state index contributed by atoms with van der Waals surface area (Å²) in [6.45, 7) is 8.77. The molecule has 0 aliphatic rings. The lowest BCUT2D eigenvalue weighted by molar-refractivity contribution is 0.277. The number of hydrogen-bond donors (Lipinski definition) is 1. The molecular formula is C17H25ClN4. The molecule has 0 atom stereocenters. The molecule has 0 radical (unpaired) electrons. The van der Waals surface area contributed by atoms with E-state index in [1.807, 2.05) is 30.5 Å². The molecule has 0 saturated heterocycles. The fraction of sp³-hybridized carbons (Fsp3) is 0.471. The average molecular weight is 321 g/mol. The number of halogens is 1. The normalized spacial score (nSPS) is 11.5. The van der Waals surface area contributed by atoms with E-state index in [4.69, 9.17) is 11.6 Å². The second-order valence-corrected chi connectivity index (χ2v) is 5.87. The first kappa shape index (κ1) is 17.0. The number of pyridine rings is 1. The van der Waals surface area contributed by atoms with Gasteiger partial charge in [-0.15, -0.1) is 0 Å². The number of anilines is 1. The van der Waals surface area contributed by atoms with Gasteiger partial charge in [-0.25, -0.2) is 5.01 Å². The van der Waals surface area contributed by atoms with Gasteiger partial charge >= 0.3 is 0 Å². The Morgan fingerprint density at radius 2 is 1.91 bits per heavy atom. The smallest absolute Gasteiger partial charge is 0.0738 e. The molecule has 120 valence electrons. The van der Waals surface area contributed by atoms with E-state index in [9.17, 15) is 0 Å². The van der Waals surface area contributed by atoms with Gasteiger partial charge in [-0.05, 0) is 50.3 Å². The second kappa shape index (κ2) is 8.32. The van der Waals surface area contributed by atoms with Crippen molar-refractivity contribution in [3.8, 4) is 0 Å². The van der Waals surface area contributed by atoms with Crippen molar-refractivity contribution in [2.75, 3.05) is 38.7 Å². The number of fused-ring (bicyclic) bond motifs is 1. The summed E-state index contributed by atoms with van der Waals surface area (Å²) in [4.78, 5) is 6.81. The third-order valence-corrected chi connectivity index (χ3v) is 4.11. The molecule has 0 aliphatic carbocycles. The van der Waals surface area contributed by atoms with E-state index in [-0.39, 0.29) is 0 Å². The second-order valence-electron chi connectivity index (χ2n) is 5.43. The van der Waals surface area contributed by atoms with Gasteiger partial charge in [0.1, 0.15) is 0 Å². The first-order valence-electron chi connectivity index (χ1n) is 7.88. The molecule has 0 amide bonds. The summed E-state index contributed by atoms with van der Waals surface area (Å²) in [6, 6.07) is 7.80. The van der Waals surface area contributed by atoms with E-state index in [2.05, 4.69) is 41.2 Å². The molecular weight excluding hydrogens is 296 g/mol. The molecule has 0 bridgehead atoms. The monoisotopic (exact) mass is 320 g/mol. The van der Waals surface area contributed by atoms with Crippen LogP contribution >= 0.6 is 11.6 Å². The summed E-state index contributed by atoms with van der Waals surface area (Å²) in [7, 11) is 2.07. The van der Waals surface area contributed by atoms with Crippen LogP contribution in [0.15, 0.2) is 30.5 Å². The standard InChI is InChI=1S/C17H25ClN4/c1-4-22(5-2)12-6-11-21(3)20-16-9-10-19-17-13-14(18)7-8-15(16)17/h7-10,13H,4-6,11-12H2,1-3H3,(H,19,20). The third-order valence-electron chi connectivity index (χ3n) is 3.88. The molecule has 1 aromatic heterocycles. The van der Waals surface area contributed by atoms with Crippen molar-refractivity contribution in [1.82, 2.24) is 14.9 Å². The van der Waals surface area contributed by atoms with Gasteiger partial charge in [-0.1, -0.05) is 25.4 Å². The predicted molar refractivity (Wildman–Crippen MR) is 95.4 cm³/mol. The molecule has 0 spiro atoms. The van der Waals surface area contributed by atoms with Gasteiger partial charge in [0.2, 0.25) is 0 Å². The van der Waals surface area contributed by atoms with Crippen LogP contribution in [0.5, 0.6) is 0 Å². The summed E-state index contributed by atoms with van der Waals surface area (Å²) in [5.74, 6) is 0. The zero-order valence-corrected chi connectivity index (χ0v) is 14.4. The number of nitrogens with one attached hydrogen (secondary N) is 1. The van der Waals surface area contributed by atoms with Crippen molar-refractivity contribution in [2.24, 2.45) is 0 Å². The summed E-state index contributed by atoms with van der Waals surface area (Å²) in [5, 5.41) is 3.93. The third kappa shape index (κ3) is 4.57. The minimum atomic E-state index is 0.713. The Balaban J connectivity index is 1.95. The van der Waals surface area contributed by atoms with Crippen LogP contribution in [0.3, 0.4) is 0 Å². The van der Waals surface area contributed by atoms with Gasteiger partial charge < -0.3 is 10.3 Å². The topological polar surface area (TPSA) is 31.4 Å². The van der Waals surface area contributed by atoms with E-state index in [0.29, 0.717) is 5.02 Å². The summed E-state index contributed by atoms with van der Waals surface area (Å²) in [5.41, 5.74) is 5.42. The summed E-state index contributed by atoms with van der Waals surface area (Å²) < 4.78 is 0. The lowest BCUT2D eigenvalue weighted by Gasteiger charge is -2.23. The van der Waals surface area contributed by atoms with Gasteiger partial charge in [-0.3, -0.25) is 4.98 Å². The van der Waals surface area contributed by atoms with Gasteiger partial charge in [0, 0.05) is 30.2 Å².